The first-order valence-corrected chi connectivity index (χ1v) is 13.8. The zero-order chi connectivity index (χ0) is 26.4. The fourth-order valence-electron chi connectivity index (χ4n) is 5.52. The first kappa shape index (κ1) is 26.3. The van der Waals surface area contributed by atoms with Crippen molar-refractivity contribution in [1.82, 2.24) is 9.80 Å². The van der Waals surface area contributed by atoms with Crippen molar-refractivity contribution in [2.24, 2.45) is 0 Å². The van der Waals surface area contributed by atoms with Crippen LogP contribution in [0.5, 0.6) is 11.5 Å². The molecule has 0 radical (unpaired) electrons. The van der Waals surface area contributed by atoms with E-state index in [0.29, 0.717) is 33.9 Å². The maximum Gasteiger partial charge on any atom is 0.264 e. The Kier molecular flexibility index (Phi) is 7.26. The number of nitrogens with zero attached hydrogens (tertiary/aromatic N) is 3. The summed E-state index contributed by atoms with van der Waals surface area (Å²) in [4.78, 5) is 18.2. The van der Waals surface area contributed by atoms with Gasteiger partial charge < -0.3 is 19.3 Å². The van der Waals surface area contributed by atoms with Crippen LogP contribution in [0.25, 0.3) is 0 Å². The minimum atomic E-state index is -3.95. The number of piperidine rings is 1. The van der Waals surface area contributed by atoms with E-state index in [1.54, 1.807) is 52.3 Å². The van der Waals surface area contributed by atoms with Crippen molar-refractivity contribution < 1.29 is 22.7 Å². The molecule has 2 aliphatic rings. The number of rotatable bonds is 6. The third-order valence-corrected chi connectivity index (χ3v) is 9.93. The molecule has 1 fully saturated rings. The molecule has 2 aromatic carbocycles. The number of benzene rings is 2. The van der Waals surface area contributed by atoms with Gasteiger partial charge in [-0.15, -0.1) is 0 Å². The van der Waals surface area contributed by atoms with E-state index in [-0.39, 0.29) is 23.4 Å². The summed E-state index contributed by atoms with van der Waals surface area (Å²) in [6.07, 6.45) is 1.81. The average Bonchev–Trinajstić information content (AvgIpc) is 3.25. The maximum atomic E-state index is 14.1. The molecule has 0 aromatic heterocycles. The molecule has 2 aromatic rings. The summed E-state index contributed by atoms with van der Waals surface area (Å²) in [6, 6.07) is 7.19. The highest BCUT2D eigenvalue weighted by molar-refractivity contribution is 7.93. The molecular formula is C27H37N3O5S. The Bertz CT molecular complexity index is 1270. The van der Waals surface area contributed by atoms with Gasteiger partial charge in [0.2, 0.25) is 5.91 Å². The van der Waals surface area contributed by atoms with Crippen molar-refractivity contribution in [2.45, 2.75) is 50.5 Å². The molecule has 1 amide bonds. The standard InChI is InChI=1S/C27H37N3O5S/c1-17-14-25(35-7)18(2)19(3)26(17)36(32,33)30-16-23(22-15-21(34-6)8-9-24(22)30)27(31)29(5)20-10-12-28(4)13-11-20/h8-9,14-15,20,23H,10-13,16H2,1-7H3. The molecule has 2 aliphatic heterocycles. The zero-order valence-corrected chi connectivity index (χ0v) is 23.1. The number of carbonyl (C=O) groups is 1. The number of fused-ring (bicyclic) bond motifs is 1. The molecule has 0 saturated carbocycles. The van der Waals surface area contributed by atoms with Crippen LogP contribution in [0.2, 0.25) is 0 Å². The lowest BCUT2D eigenvalue weighted by atomic mass is 9.97. The van der Waals surface area contributed by atoms with E-state index in [1.807, 2.05) is 18.9 Å². The lowest BCUT2D eigenvalue weighted by Crippen LogP contribution is -2.46. The quantitative estimate of drug-likeness (QED) is 0.586. The van der Waals surface area contributed by atoms with Gasteiger partial charge in [-0.05, 0) is 100 Å². The summed E-state index contributed by atoms with van der Waals surface area (Å²) >= 11 is 0. The molecule has 8 nitrogen and oxygen atoms in total. The van der Waals surface area contributed by atoms with Gasteiger partial charge in [-0.25, -0.2) is 8.42 Å². The first-order chi connectivity index (χ1) is 17.0. The fraction of sp³-hybridized carbons (Fsp3) is 0.519. The number of hydrogen-bond donors (Lipinski definition) is 0. The number of amides is 1. The molecule has 2 heterocycles. The first-order valence-electron chi connectivity index (χ1n) is 12.3. The highest BCUT2D eigenvalue weighted by Gasteiger charge is 2.43. The van der Waals surface area contributed by atoms with Crippen molar-refractivity contribution in [1.29, 1.82) is 0 Å². The number of likely N-dealkylation sites (N-methyl/N-ethyl adjacent to an activating group) is 1. The average molecular weight is 516 g/mol. The highest BCUT2D eigenvalue weighted by Crippen LogP contribution is 2.44. The third kappa shape index (κ3) is 4.43. The van der Waals surface area contributed by atoms with Crippen LogP contribution in [0.1, 0.15) is 41.0 Å². The Balaban J connectivity index is 1.75. The van der Waals surface area contributed by atoms with Crippen molar-refractivity contribution >= 4 is 21.6 Å². The summed E-state index contributed by atoms with van der Waals surface area (Å²) in [5.74, 6) is 0.592. The van der Waals surface area contributed by atoms with Crippen molar-refractivity contribution in [2.75, 3.05) is 52.3 Å². The maximum absolute atomic E-state index is 14.1. The van der Waals surface area contributed by atoms with Gasteiger partial charge in [-0.2, -0.15) is 0 Å². The zero-order valence-electron chi connectivity index (χ0n) is 22.3. The van der Waals surface area contributed by atoms with E-state index in [9.17, 15) is 13.2 Å². The highest BCUT2D eigenvalue weighted by atomic mass is 32.2. The summed E-state index contributed by atoms with van der Waals surface area (Å²) in [5, 5.41) is 0. The number of hydrogen-bond acceptors (Lipinski definition) is 6. The van der Waals surface area contributed by atoms with Gasteiger partial charge in [0.15, 0.2) is 0 Å². The SMILES string of the molecule is COc1ccc2c(c1)C(C(=O)N(C)C1CCN(C)CC1)CN2S(=O)(=O)c1c(C)cc(OC)c(C)c1C. The molecule has 9 heteroatoms. The molecule has 196 valence electrons. The monoisotopic (exact) mass is 515 g/mol. The normalized spacial score (nSPS) is 18.8. The molecule has 1 saturated heterocycles. The molecule has 0 spiro atoms. The van der Waals surface area contributed by atoms with Crippen LogP contribution in [0, 0.1) is 20.8 Å². The van der Waals surface area contributed by atoms with Gasteiger partial charge in [0.05, 0.1) is 37.3 Å². The predicted octanol–water partition coefficient (Wildman–Crippen LogP) is 3.47. The van der Waals surface area contributed by atoms with Gasteiger partial charge >= 0.3 is 0 Å². The van der Waals surface area contributed by atoms with Crippen molar-refractivity contribution in [3.8, 4) is 11.5 Å². The Morgan fingerprint density at radius 1 is 1.03 bits per heavy atom. The van der Waals surface area contributed by atoms with Crippen LogP contribution < -0.4 is 13.8 Å². The molecule has 0 N–H and O–H groups in total. The molecule has 0 aliphatic carbocycles. The molecular weight excluding hydrogens is 478 g/mol. The number of carbonyl (C=O) groups excluding carboxylic acids is 1. The largest absolute Gasteiger partial charge is 0.497 e. The van der Waals surface area contributed by atoms with E-state index < -0.39 is 15.9 Å². The summed E-state index contributed by atoms with van der Waals surface area (Å²) in [5.41, 5.74) is 3.26. The molecule has 1 atom stereocenters. The topological polar surface area (TPSA) is 79.4 Å². The third-order valence-electron chi connectivity index (χ3n) is 7.86. The van der Waals surface area contributed by atoms with Crippen LogP contribution in [-0.4, -0.2) is 78.1 Å². The van der Waals surface area contributed by atoms with Gasteiger partial charge in [-0.3, -0.25) is 9.10 Å². The molecule has 36 heavy (non-hydrogen) atoms. The molecule has 1 unspecified atom stereocenters. The lowest BCUT2D eigenvalue weighted by Gasteiger charge is -2.36. The Hall–Kier alpha value is -2.78. The van der Waals surface area contributed by atoms with Gasteiger partial charge in [0, 0.05) is 13.1 Å². The second-order valence-electron chi connectivity index (χ2n) is 9.97. The predicted molar refractivity (Wildman–Crippen MR) is 141 cm³/mol. The summed E-state index contributed by atoms with van der Waals surface area (Å²) in [7, 11) is 3.14. The second-order valence-corrected chi connectivity index (χ2v) is 11.8. The van der Waals surface area contributed by atoms with Gasteiger partial charge in [0.1, 0.15) is 11.5 Å². The Labute approximate surface area is 214 Å². The second kappa shape index (κ2) is 9.94. The molecule has 4 rings (SSSR count). The van der Waals surface area contributed by atoms with Crippen LogP contribution in [0.4, 0.5) is 5.69 Å². The van der Waals surface area contributed by atoms with Gasteiger partial charge in [0.25, 0.3) is 10.0 Å². The number of sulfonamides is 1. The van der Waals surface area contributed by atoms with E-state index in [0.717, 1.165) is 31.5 Å². The summed E-state index contributed by atoms with van der Waals surface area (Å²) < 4.78 is 40.6. The number of ether oxygens (including phenoxy) is 2. The van der Waals surface area contributed by atoms with Crippen LogP contribution in [0.15, 0.2) is 29.2 Å². The fourth-order valence-corrected chi connectivity index (χ4v) is 7.51. The minimum Gasteiger partial charge on any atom is -0.497 e. The smallest absolute Gasteiger partial charge is 0.264 e. The Morgan fingerprint density at radius 2 is 1.69 bits per heavy atom. The number of anilines is 1. The lowest BCUT2D eigenvalue weighted by molar-refractivity contribution is -0.134. The van der Waals surface area contributed by atoms with E-state index in [1.165, 1.54) is 4.31 Å². The number of likely N-dealkylation sites (tertiary alicyclic amines) is 1. The number of aryl methyl sites for hydroxylation is 1. The van der Waals surface area contributed by atoms with Crippen LogP contribution >= 0.6 is 0 Å². The van der Waals surface area contributed by atoms with E-state index >= 15 is 0 Å². The minimum absolute atomic E-state index is 0.0592. The van der Waals surface area contributed by atoms with E-state index in [4.69, 9.17) is 9.47 Å². The van der Waals surface area contributed by atoms with Crippen molar-refractivity contribution in [3.05, 3.63) is 46.5 Å². The van der Waals surface area contributed by atoms with Crippen LogP contribution in [0.3, 0.4) is 0 Å². The molecule has 0 bridgehead atoms. The number of methoxy groups -OCH3 is 2. The summed E-state index contributed by atoms with van der Waals surface area (Å²) in [6.45, 7) is 7.38. The van der Waals surface area contributed by atoms with E-state index in [2.05, 4.69) is 11.9 Å². The van der Waals surface area contributed by atoms with Crippen molar-refractivity contribution in [3.63, 3.8) is 0 Å². The Morgan fingerprint density at radius 3 is 2.31 bits per heavy atom. The van der Waals surface area contributed by atoms with Crippen LogP contribution in [-0.2, 0) is 14.8 Å². The van der Waals surface area contributed by atoms with Gasteiger partial charge in [-0.1, -0.05) is 0 Å².